The van der Waals surface area contributed by atoms with Gasteiger partial charge in [-0.25, -0.2) is 0 Å². The minimum Gasteiger partial charge on any atom is -0.486 e. The SMILES string of the molecule is N#CC(C(=O)CCOc1cc(Oc2ccc(C(F)(F)F)cc2Cl)ccc1[N+](=O)[O-])c1ccccn1. The number of nitrogens with zero attached hydrogens (tertiary/aromatic N) is 3. The summed E-state index contributed by atoms with van der Waals surface area (Å²) in [6.07, 6.45) is -3.38. The average Bonchev–Trinajstić information content (AvgIpc) is 2.81. The second kappa shape index (κ2) is 10.8. The molecule has 0 radical (unpaired) electrons. The average molecular weight is 506 g/mol. The third kappa shape index (κ3) is 6.45. The van der Waals surface area contributed by atoms with E-state index in [-0.39, 0.29) is 41.0 Å². The van der Waals surface area contributed by atoms with E-state index in [0.29, 0.717) is 6.07 Å². The maximum absolute atomic E-state index is 12.8. The third-order valence-electron chi connectivity index (χ3n) is 4.66. The zero-order valence-corrected chi connectivity index (χ0v) is 18.4. The Kier molecular flexibility index (Phi) is 7.88. The van der Waals surface area contributed by atoms with Crippen LogP contribution < -0.4 is 9.47 Å². The van der Waals surface area contributed by atoms with Gasteiger partial charge in [0, 0.05) is 24.8 Å². The summed E-state index contributed by atoms with van der Waals surface area (Å²) in [6.45, 7) is -0.283. The fourth-order valence-electron chi connectivity index (χ4n) is 2.97. The van der Waals surface area contributed by atoms with Gasteiger partial charge in [0.1, 0.15) is 17.4 Å². The van der Waals surface area contributed by atoms with Crippen molar-refractivity contribution < 1.29 is 32.4 Å². The first-order chi connectivity index (χ1) is 16.6. The van der Waals surface area contributed by atoms with Gasteiger partial charge in [0.15, 0.2) is 5.78 Å². The fourth-order valence-corrected chi connectivity index (χ4v) is 3.19. The van der Waals surface area contributed by atoms with E-state index in [1.54, 1.807) is 12.1 Å². The van der Waals surface area contributed by atoms with Gasteiger partial charge in [-0.3, -0.25) is 19.9 Å². The Morgan fingerprint density at radius 3 is 2.54 bits per heavy atom. The molecule has 180 valence electrons. The lowest BCUT2D eigenvalue weighted by Crippen LogP contribution is -2.15. The molecule has 8 nitrogen and oxygen atoms in total. The van der Waals surface area contributed by atoms with Crippen LogP contribution in [0.1, 0.15) is 23.6 Å². The van der Waals surface area contributed by atoms with Crippen molar-refractivity contribution in [2.24, 2.45) is 0 Å². The highest BCUT2D eigenvalue weighted by atomic mass is 35.5. The van der Waals surface area contributed by atoms with Crippen LogP contribution in [0.25, 0.3) is 0 Å². The highest BCUT2D eigenvalue weighted by Crippen LogP contribution is 2.38. The van der Waals surface area contributed by atoms with Crippen LogP contribution in [0.15, 0.2) is 60.8 Å². The van der Waals surface area contributed by atoms with Crippen LogP contribution in [0.2, 0.25) is 5.02 Å². The Morgan fingerprint density at radius 2 is 1.94 bits per heavy atom. The lowest BCUT2D eigenvalue weighted by molar-refractivity contribution is -0.385. The van der Waals surface area contributed by atoms with Gasteiger partial charge in [0.2, 0.25) is 5.75 Å². The molecule has 0 aliphatic heterocycles. The highest BCUT2D eigenvalue weighted by Gasteiger charge is 2.31. The van der Waals surface area contributed by atoms with Gasteiger partial charge in [-0.1, -0.05) is 17.7 Å². The van der Waals surface area contributed by atoms with Crippen molar-refractivity contribution in [2.45, 2.75) is 18.5 Å². The Balaban J connectivity index is 1.73. The quantitative estimate of drug-likeness (QED) is 0.255. The number of hydrogen-bond donors (Lipinski definition) is 0. The van der Waals surface area contributed by atoms with Crippen molar-refractivity contribution in [3.63, 3.8) is 0 Å². The molecule has 1 unspecified atom stereocenters. The molecule has 3 aromatic rings. The van der Waals surface area contributed by atoms with Crippen LogP contribution in [-0.4, -0.2) is 22.3 Å². The first-order valence-electron chi connectivity index (χ1n) is 9.89. The lowest BCUT2D eigenvalue weighted by atomic mass is 9.99. The van der Waals surface area contributed by atoms with Gasteiger partial charge in [-0.15, -0.1) is 0 Å². The summed E-state index contributed by atoms with van der Waals surface area (Å²) in [5, 5.41) is 20.3. The Hall–Kier alpha value is -4.17. The van der Waals surface area contributed by atoms with Crippen molar-refractivity contribution in [3.8, 4) is 23.3 Å². The summed E-state index contributed by atoms with van der Waals surface area (Å²) >= 11 is 5.89. The van der Waals surface area contributed by atoms with Gasteiger partial charge in [-0.05, 0) is 36.4 Å². The molecule has 3 rings (SSSR count). The first-order valence-corrected chi connectivity index (χ1v) is 10.3. The van der Waals surface area contributed by atoms with Crippen molar-refractivity contribution in [2.75, 3.05) is 6.61 Å². The number of alkyl halides is 3. The smallest absolute Gasteiger partial charge is 0.416 e. The minimum atomic E-state index is -4.59. The summed E-state index contributed by atoms with van der Waals surface area (Å²) in [4.78, 5) is 27.1. The number of ketones is 1. The second-order valence-electron chi connectivity index (χ2n) is 7.01. The molecule has 0 aliphatic carbocycles. The van der Waals surface area contributed by atoms with Crippen LogP contribution >= 0.6 is 11.6 Å². The van der Waals surface area contributed by atoms with Crippen molar-refractivity contribution in [3.05, 3.63) is 87.2 Å². The van der Waals surface area contributed by atoms with Crippen LogP contribution in [0.4, 0.5) is 18.9 Å². The van der Waals surface area contributed by atoms with Gasteiger partial charge in [0.05, 0.1) is 33.9 Å². The minimum absolute atomic E-state index is 0.00183. The number of hydrogen-bond acceptors (Lipinski definition) is 7. The van der Waals surface area contributed by atoms with E-state index in [9.17, 15) is 33.3 Å². The van der Waals surface area contributed by atoms with Gasteiger partial charge in [0.25, 0.3) is 0 Å². The molecule has 0 fully saturated rings. The third-order valence-corrected chi connectivity index (χ3v) is 4.95. The zero-order chi connectivity index (χ0) is 25.6. The molecule has 1 atom stereocenters. The topological polar surface area (TPSA) is 115 Å². The molecule has 0 N–H and O–H groups in total. The molecule has 1 heterocycles. The molecule has 1 aromatic heterocycles. The number of ether oxygens (including phenoxy) is 2. The number of pyridine rings is 1. The second-order valence-corrected chi connectivity index (χ2v) is 7.42. The molecule has 2 aromatic carbocycles. The first kappa shape index (κ1) is 25.5. The number of rotatable bonds is 9. The van der Waals surface area contributed by atoms with Crippen LogP contribution in [-0.2, 0) is 11.0 Å². The van der Waals surface area contributed by atoms with E-state index in [4.69, 9.17) is 21.1 Å². The van der Waals surface area contributed by atoms with E-state index in [2.05, 4.69) is 4.98 Å². The monoisotopic (exact) mass is 505 g/mol. The lowest BCUT2D eigenvalue weighted by Gasteiger charge is -2.13. The predicted octanol–water partition coefficient (Wildman–Crippen LogP) is 6.10. The van der Waals surface area contributed by atoms with E-state index in [1.807, 2.05) is 6.07 Å². The molecule has 35 heavy (non-hydrogen) atoms. The van der Waals surface area contributed by atoms with Crippen LogP contribution in [0.5, 0.6) is 17.2 Å². The summed E-state index contributed by atoms with van der Waals surface area (Å²) in [7, 11) is 0. The number of carbonyl (C=O) groups excluding carboxylic acids is 1. The van der Waals surface area contributed by atoms with Gasteiger partial charge >= 0.3 is 11.9 Å². The molecule has 0 saturated heterocycles. The largest absolute Gasteiger partial charge is 0.486 e. The van der Waals surface area contributed by atoms with Crippen LogP contribution in [0, 0.1) is 21.4 Å². The summed E-state index contributed by atoms with van der Waals surface area (Å²) in [5.41, 5.74) is -1.12. The van der Waals surface area contributed by atoms with E-state index >= 15 is 0 Å². The summed E-state index contributed by atoms with van der Waals surface area (Å²) in [5.74, 6) is -1.96. The molecule has 12 heteroatoms. The maximum Gasteiger partial charge on any atom is 0.416 e. The molecule has 0 saturated carbocycles. The number of benzene rings is 2. The molecule has 0 aliphatic rings. The molecule has 0 spiro atoms. The molecular formula is C23H15ClF3N3O5. The van der Waals surface area contributed by atoms with Crippen molar-refractivity contribution >= 4 is 23.1 Å². The number of Topliss-reactive ketones (excluding diaryl/α,β-unsaturated/α-hetero) is 1. The van der Waals surface area contributed by atoms with Crippen molar-refractivity contribution in [1.29, 1.82) is 5.26 Å². The predicted molar refractivity (Wildman–Crippen MR) is 117 cm³/mol. The van der Waals surface area contributed by atoms with Crippen molar-refractivity contribution in [1.82, 2.24) is 4.98 Å². The number of nitro benzene ring substituents is 1. The normalized spacial score (nSPS) is 11.9. The molecule has 0 amide bonds. The standard InChI is InChI=1S/C23H15ClF3N3O5/c24-17-11-14(23(25,26)27)4-7-21(17)35-15-5-6-19(30(32)33)22(12-15)34-10-8-20(31)16(13-28)18-3-1-2-9-29-18/h1-7,9,11-12,16H,8,10H2. The number of carbonyl (C=O) groups is 1. The molecular weight excluding hydrogens is 491 g/mol. The van der Waals surface area contributed by atoms with E-state index < -0.39 is 34.1 Å². The Morgan fingerprint density at radius 1 is 1.17 bits per heavy atom. The summed E-state index contributed by atoms with van der Waals surface area (Å²) < 4.78 is 49.3. The molecule has 0 bridgehead atoms. The van der Waals surface area contributed by atoms with E-state index in [1.165, 1.54) is 18.3 Å². The zero-order valence-electron chi connectivity index (χ0n) is 17.7. The Bertz CT molecular complexity index is 1280. The van der Waals surface area contributed by atoms with Gasteiger partial charge < -0.3 is 9.47 Å². The van der Waals surface area contributed by atoms with Crippen LogP contribution in [0.3, 0.4) is 0 Å². The Labute approximate surface area is 201 Å². The fraction of sp³-hybridized carbons (Fsp3) is 0.174. The number of halogens is 4. The number of aromatic nitrogens is 1. The maximum atomic E-state index is 12.8. The van der Waals surface area contributed by atoms with E-state index in [0.717, 1.165) is 24.3 Å². The highest BCUT2D eigenvalue weighted by molar-refractivity contribution is 6.32. The summed E-state index contributed by atoms with van der Waals surface area (Å²) in [6, 6.07) is 12.6. The number of nitro groups is 1. The van der Waals surface area contributed by atoms with Gasteiger partial charge in [-0.2, -0.15) is 18.4 Å². The number of nitriles is 1.